The average Bonchev–Trinajstić information content (AvgIpc) is 3.22. The number of benzene rings is 1. The molecule has 1 aromatic rings. The summed E-state index contributed by atoms with van der Waals surface area (Å²) in [7, 11) is 6.33. The van der Waals surface area contributed by atoms with E-state index in [4.69, 9.17) is 18.9 Å². The monoisotopic (exact) mass is 586 g/mol. The zero-order valence-electron chi connectivity index (χ0n) is 26.3. The van der Waals surface area contributed by atoms with Gasteiger partial charge in [-0.15, -0.1) is 0 Å². The molecular weight excluding hydrogens is 536 g/mol. The minimum atomic E-state index is -0.224. The molecule has 2 heterocycles. The van der Waals surface area contributed by atoms with Crippen molar-refractivity contribution in [3.8, 4) is 11.5 Å². The van der Waals surface area contributed by atoms with Crippen molar-refractivity contribution in [1.29, 1.82) is 0 Å². The Bertz CT molecular complexity index is 1170. The number of nitrogens with zero attached hydrogens (tertiary/aromatic N) is 3. The van der Waals surface area contributed by atoms with E-state index in [1.165, 1.54) is 20.4 Å². The first kappa shape index (κ1) is 34.1. The first-order valence-corrected chi connectivity index (χ1v) is 14.5. The normalized spacial score (nSPS) is 16.1. The van der Waals surface area contributed by atoms with E-state index in [1.807, 2.05) is 42.7 Å². The molecule has 4 amide bonds. The number of fused-ring (bicyclic) bond motifs is 2. The van der Waals surface area contributed by atoms with Crippen LogP contribution in [0.15, 0.2) is 60.4 Å². The molecular formula is C32H50N4O6. The lowest BCUT2D eigenvalue weighted by atomic mass is 10.0. The van der Waals surface area contributed by atoms with Gasteiger partial charge in [0.1, 0.15) is 23.0 Å². The van der Waals surface area contributed by atoms with Crippen LogP contribution in [0.1, 0.15) is 52.6 Å². The molecule has 0 saturated carbocycles. The van der Waals surface area contributed by atoms with Crippen molar-refractivity contribution in [2.45, 2.75) is 53.0 Å². The highest BCUT2D eigenvalue weighted by molar-refractivity contribution is 5.77. The summed E-state index contributed by atoms with van der Waals surface area (Å²) in [6.07, 6.45) is 9.62. The van der Waals surface area contributed by atoms with Crippen LogP contribution in [0.3, 0.4) is 0 Å². The van der Waals surface area contributed by atoms with Gasteiger partial charge in [-0.25, -0.2) is 9.59 Å². The third-order valence-corrected chi connectivity index (χ3v) is 7.10. The summed E-state index contributed by atoms with van der Waals surface area (Å²) in [6, 6.07) is 3.61. The predicted octanol–water partition coefficient (Wildman–Crippen LogP) is 6.06. The maximum Gasteiger partial charge on any atom is 0.324 e. The van der Waals surface area contributed by atoms with E-state index >= 15 is 0 Å². The minimum absolute atomic E-state index is 0. The number of carbonyl (C=O) groups excluding carboxylic acids is 2. The third kappa shape index (κ3) is 9.22. The number of amides is 4. The number of allylic oxidation sites excluding steroid dienone is 4. The smallest absolute Gasteiger partial charge is 0.324 e. The van der Waals surface area contributed by atoms with Crippen LogP contribution in [-0.2, 0) is 22.4 Å². The summed E-state index contributed by atoms with van der Waals surface area (Å²) in [6.45, 7) is 12.3. The van der Waals surface area contributed by atoms with Crippen LogP contribution in [0.25, 0.3) is 0 Å². The Labute approximate surface area is 252 Å². The molecule has 234 valence electrons. The van der Waals surface area contributed by atoms with Crippen LogP contribution >= 0.6 is 0 Å². The summed E-state index contributed by atoms with van der Waals surface area (Å²) in [4.78, 5) is 32.4. The highest BCUT2D eigenvalue weighted by atomic mass is 16.5. The average molecular weight is 587 g/mol. The number of hydrogen-bond acceptors (Lipinski definition) is 6. The Morgan fingerprint density at radius 3 is 2.43 bits per heavy atom. The summed E-state index contributed by atoms with van der Waals surface area (Å²) >= 11 is 0. The van der Waals surface area contributed by atoms with Gasteiger partial charge in [-0.1, -0.05) is 26.5 Å². The first-order valence-electron chi connectivity index (χ1n) is 14.5. The van der Waals surface area contributed by atoms with Crippen molar-refractivity contribution in [3.05, 3.63) is 71.5 Å². The quantitative estimate of drug-likeness (QED) is 0.294. The molecule has 0 aliphatic carbocycles. The molecule has 0 spiro atoms. The third-order valence-electron chi connectivity index (χ3n) is 7.10. The fourth-order valence-corrected chi connectivity index (χ4v) is 4.80. The largest absolute Gasteiger partial charge is 0.497 e. The number of rotatable bonds is 8. The predicted molar refractivity (Wildman–Crippen MR) is 167 cm³/mol. The second-order valence-corrected chi connectivity index (χ2v) is 9.46. The molecule has 2 aliphatic heterocycles. The van der Waals surface area contributed by atoms with Crippen molar-refractivity contribution in [1.82, 2.24) is 20.0 Å². The molecule has 1 aromatic carbocycles. The fourth-order valence-electron chi connectivity index (χ4n) is 4.80. The van der Waals surface area contributed by atoms with Crippen LogP contribution in [0.2, 0.25) is 0 Å². The maximum atomic E-state index is 13.8. The molecule has 1 saturated heterocycles. The molecule has 0 atom stereocenters. The standard InChI is InChI=1S/C30H42N4O6.C2H6.H2/c1-7-32-16-9-17-33(29(35)31-20-25(38-4)13-11-22(2)37-3)15-8-10-24-12-14-27-23(21-34(24)30(32)36)18-26(39-5)19-28(27)40-6;1-2;/h11-13,18-20H,2,7-10,14-17,21H2,1,3-6H3,(H,31,35);1-2H3;1H/b13-11-,25-20-;;. The Hall–Kier alpha value is -4.08. The summed E-state index contributed by atoms with van der Waals surface area (Å²) in [5.74, 6) is 2.38. The molecule has 3 rings (SSSR count). The molecule has 0 radical (unpaired) electrons. The molecule has 42 heavy (non-hydrogen) atoms. The summed E-state index contributed by atoms with van der Waals surface area (Å²) in [5, 5.41) is 2.83. The molecule has 1 N–H and O–H groups in total. The van der Waals surface area contributed by atoms with Crippen LogP contribution in [0.5, 0.6) is 11.5 Å². The molecule has 10 nitrogen and oxygen atoms in total. The van der Waals surface area contributed by atoms with Crippen LogP contribution in [-0.4, -0.2) is 81.4 Å². The van der Waals surface area contributed by atoms with Gasteiger partial charge in [0.2, 0.25) is 0 Å². The lowest BCUT2D eigenvalue weighted by molar-refractivity contribution is 0.163. The first-order chi connectivity index (χ1) is 20.3. The van der Waals surface area contributed by atoms with Gasteiger partial charge in [-0.3, -0.25) is 4.90 Å². The molecule has 2 aliphatic rings. The van der Waals surface area contributed by atoms with E-state index in [2.05, 4.69) is 18.0 Å². The van der Waals surface area contributed by atoms with Crippen molar-refractivity contribution in [2.24, 2.45) is 0 Å². The van der Waals surface area contributed by atoms with E-state index in [1.54, 1.807) is 31.3 Å². The molecule has 0 aromatic heterocycles. The van der Waals surface area contributed by atoms with Gasteiger partial charge < -0.3 is 34.1 Å². The van der Waals surface area contributed by atoms with Gasteiger partial charge in [0, 0.05) is 51.1 Å². The number of hydrogen-bond donors (Lipinski definition) is 1. The molecule has 0 unspecified atom stereocenters. The highest BCUT2D eigenvalue weighted by Crippen LogP contribution is 2.34. The number of methoxy groups -OCH3 is 4. The Balaban J connectivity index is 0.00000302. The number of ether oxygens (including phenoxy) is 4. The van der Waals surface area contributed by atoms with E-state index in [-0.39, 0.29) is 13.5 Å². The van der Waals surface area contributed by atoms with Gasteiger partial charge in [-0.2, -0.15) is 0 Å². The van der Waals surface area contributed by atoms with Gasteiger partial charge in [-0.05, 0) is 56.4 Å². The molecule has 1 fully saturated rings. The van der Waals surface area contributed by atoms with Crippen molar-refractivity contribution in [3.63, 3.8) is 0 Å². The van der Waals surface area contributed by atoms with Crippen LogP contribution < -0.4 is 14.8 Å². The van der Waals surface area contributed by atoms with Gasteiger partial charge in [0.25, 0.3) is 0 Å². The van der Waals surface area contributed by atoms with E-state index in [0.29, 0.717) is 75.7 Å². The molecule has 0 bridgehead atoms. The van der Waals surface area contributed by atoms with E-state index in [0.717, 1.165) is 22.6 Å². The maximum absolute atomic E-state index is 13.8. The van der Waals surface area contributed by atoms with E-state index in [9.17, 15) is 9.59 Å². The lowest BCUT2D eigenvalue weighted by Crippen LogP contribution is -2.43. The number of nitrogens with one attached hydrogen (secondary N) is 1. The zero-order valence-corrected chi connectivity index (χ0v) is 26.3. The Morgan fingerprint density at radius 1 is 1.05 bits per heavy atom. The Kier molecular flexibility index (Phi) is 14.4. The number of carbonyl (C=O) groups is 2. The second-order valence-electron chi connectivity index (χ2n) is 9.46. The Morgan fingerprint density at radius 2 is 1.79 bits per heavy atom. The number of urea groups is 2. The van der Waals surface area contributed by atoms with Gasteiger partial charge in [0.15, 0.2) is 0 Å². The summed E-state index contributed by atoms with van der Waals surface area (Å²) in [5.41, 5.74) is 3.01. The highest BCUT2D eigenvalue weighted by Gasteiger charge is 2.28. The second kappa shape index (κ2) is 17.7. The van der Waals surface area contributed by atoms with E-state index < -0.39 is 0 Å². The van der Waals surface area contributed by atoms with Crippen molar-refractivity contribution < 1.29 is 30.0 Å². The van der Waals surface area contributed by atoms with Gasteiger partial charge >= 0.3 is 12.1 Å². The lowest BCUT2D eigenvalue weighted by Gasteiger charge is -2.31. The zero-order chi connectivity index (χ0) is 31.1. The van der Waals surface area contributed by atoms with Crippen LogP contribution in [0, 0.1) is 0 Å². The summed E-state index contributed by atoms with van der Waals surface area (Å²) < 4.78 is 21.5. The SMILES string of the molecule is C=C(/C=C\C(=C\NC(=O)N1CCCC2=CCc3c(cc(OC)cc3OC)CN2C(=O)N(CC)CCC1)OC)OC.CC.[HH]. The van der Waals surface area contributed by atoms with Crippen LogP contribution in [0.4, 0.5) is 9.59 Å². The van der Waals surface area contributed by atoms with Crippen molar-refractivity contribution >= 4 is 12.1 Å². The van der Waals surface area contributed by atoms with Gasteiger partial charge in [0.05, 0.1) is 35.0 Å². The molecule has 10 heteroatoms. The fraction of sp³-hybridized carbons (Fsp3) is 0.500. The van der Waals surface area contributed by atoms with Crippen molar-refractivity contribution in [2.75, 3.05) is 54.6 Å². The topological polar surface area (TPSA) is 92.8 Å². The minimum Gasteiger partial charge on any atom is -0.497 e.